The number of hydrogen-bond acceptors (Lipinski definition) is 3. The lowest BCUT2D eigenvalue weighted by atomic mass is 9.97. The van der Waals surface area contributed by atoms with Crippen molar-refractivity contribution in [2.75, 3.05) is 31.6 Å². The smallest absolute Gasteiger partial charge is 0.256 e. The van der Waals surface area contributed by atoms with E-state index >= 15 is 0 Å². The van der Waals surface area contributed by atoms with E-state index in [1.165, 1.54) is 0 Å². The molecule has 0 unspecified atom stereocenters. The Morgan fingerprint density at radius 2 is 1.71 bits per heavy atom. The number of fused-ring (bicyclic) bond motifs is 2. The molecule has 3 aromatic carbocycles. The van der Waals surface area contributed by atoms with Crippen LogP contribution < -0.4 is 10.1 Å². The Balaban J connectivity index is 1.41. The molecule has 0 bridgehead atoms. The summed E-state index contributed by atoms with van der Waals surface area (Å²) in [4.78, 5) is 18.8. The van der Waals surface area contributed by atoms with Gasteiger partial charge in [-0.3, -0.25) is 4.79 Å². The van der Waals surface area contributed by atoms with Crippen LogP contribution in [-0.4, -0.2) is 42.0 Å². The number of benzene rings is 3. The summed E-state index contributed by atoms with van der Waals surface area (Å²) < 4.78 is 6.00. The molecule has 0 aliphatic carbocycles. The average Bonchev–Trinajstić information content (AvgIpc) is 3.46. The number of hydrogen-bond donors (Lipinski definition) is 2. The van der Waals surface area contributed by atoms with Crippen LogP contribution in [0, 0.1) is 0 Å². The fourth-order valence-corrected chi connectivity index (χ4v) is 4.72. The molecule has 1 aromatic heterocycles. The summed E-state index contributed by atoms with van der Waals surface area (Å²) in [6, 6.07) is 24.6. The number of aromatic amines is 1. The van der Waals surface area contributed by atoms with Gasteiger partial charge in [-0.1, -0.05) is 56.3 Å². The van der Waals surface area contributed by atoms with Crippen LogP contribution in [0.4, 0.5) is 5.69 Å². The lowest BCUT2D eigenvalue weighted by Crippen LogP contribution is -2.27. The normalized spacial score (nSPS) is 14.3. The number of carbonyl (C=O) groups is 1. The summed E-state index contributed by atoms with van der Waals surface area (Å²) in [7, 11) is 0. The van der Waals surface area contributed by atoms with Gasteiger partial charge in [0.2, 0.25) is 0 Å². The molecule has 1 aliphatic heterocycles. The molecule has 0 saturated heterocycles. The molecule has 4 aromatic rings. The molecular formula is C30H31N3O2. The highest BCUT2D eigenvalue weighted by Crippen LogP contribution is 2.39. The van der Waals surface area contributed by atoms with Gasteiger partial charge in [-0.05, 0) is 67.0 Å². The summed E-state index contributed by atoms with van der Waals surface area (Å²) in [6.45, 7) is 9.96. The lowest BCUT2D eigenvalue weighted by Gasteiger charge is -2.17. The third kappa shape index (κ3) is 4.60. The Labute approximate surface area is 206 Å². The van der Waals surface area contributed by atoms with E-state index in [2.05, 4.69) is 65.4 Å². The number of rotatable bonds is 8. The molecule has 2 N–H and O–H groups in total. The number of H-pyrrole nitrogens is 1. The first-order chi connectivity index (χ1) is 17.1. The molecule has 0 radical (unpaired) electrons. The predicted molar refractivity (Wildman–Crippen MR) is 145 cm³/mol. The van der Waals surface area contributed by atoms with Gasteiger partial charge in [0, 0.05) is 34.4 Å². The maximum Gasteiger partial charge on any atom is 0.256 e. The Morgan fingerprint density at radius 1 is 0.914 bits per heavy atom. The molecule has 178 valence electrons. The van der Waals surface area contributed by atoms with Crippen LogP contribution in [0.1, 0.15) is 32.0 Å². The van der Waals surface area contributed by atoms with Crippen molar-refractivity contribution in [1.82, 2.24) is 9.88 Å². The number of likely N-dealkylation sites (N-methyl/N-ethyl adjacent to an activating group) is 1. The van der Waals surface area contributed by atoms with Gasteiger partial charge in [0.15, 0.2) is 0 Å². The van der Waals surface area contributed by atoms with Crippen molar-refractivity contribution in [3.63, 3.8) is 0 Å². The van der Waals surface area contributed by atoms with Crippen molar-refractivity contribution in [2.24, 2.45) is 0 Å². The topological polar surface area (TPSA) is 57.4 Å². The molecule has 0 saturated carbocycles. The quantitative estimate of drug-likeness (QED) is 0.295. The zero-order chi connectivity index (χ0) is 24.4. The van der Waals surface area contributed by atoms with E-state index in [0.29, 0.717) is 12.2 Å². The molecule has 1 aliphatic rings. The van der Waals surface area contributed by atoms with Crippen LogP contribution in [0.3, 0.4) is 0 Å². The second kappa shape index (κ2) is 9.80. The van der Waals surface area contributed by atoms with Crippen LogP contribution in [0.15, 0.2) is 72.8 Å². The first-order valence-electron chi connectivity index (χ1n) is 12.3. The Hall–Kier alpha value is -3.83. The Kier molecular flexibility index (Phi) is 6.43. The van der Waals surface area contributed by atoms with Gasteiger partial charge in [0.25, 0.3) is 5.91 Å². The van der Waals surface area contributed by atoms with Crippen molar-refractivity contribution in [3.8, 4) is 16.9 Å². The Bertz CT molecular complexity index is 1400. The number of anilines is 1. The Morgan fingerprint density at radius 3 is 2.49 bits per heavy atom. The SMILES string of the molecule is CCN(CC)CCOc1ccc2[nH]c(/C(C)=C3\C(=O)Nc4cc(-c5ccccc5)ccc43)cc2c1. The minimum Gasteiger partial charge on any atom is -0.492 e. The summed E-state index contributed by atoms with van der Waals surface area (Å²) in [6.07, 6.45) is 0. The van der Waals surface area contributed by atoms with Gasteiger partial charge in [-0.25, -0.2) is 0 Å². The molecule has 5 rings (SSSR count). The molecule has 5 nitrogen and oxygen atoms in total. The largest absolute Gasteiger partial charge is 0.492 e. The zero-order valence-electron chi connectivity index (χ0n) is 20.5. The minimum absolute atomic E-state index is 0.0678. The first-order valence-corrected chi connectivity index (χ1v) is 12.3. The van der Waals surface area contributed by atoms with Gasteiger partial charge in [0.05, 0.1) is 5.57 Å². The molecule has 0 fully saturated rings. The monoisotopic (exact) mass is 465 g/mol. The van der Waals surface area contributed by atoms with E-state index in [1.807, 2.05) is 43.3 Å². The van der Waals surface area contributed by atoms with Crippen LogP contribution in [0.5, 0.6) is 5.75 Å². The van der Waals surface area contributed by atoms with Gasteiger partial charge in [-0.2, -0.15) is 0 Å². The molecular weight excluding hydrogens is 434 g/mol. The maximum atomic E-state index is 13.0. The second-order valence-electron chi connectivity index (χ2n) is 8.89. The summed E-state index contributed by atoms with van der Waals surface area (Å²) in [5, 5.41) is 4.13. The van der Waals surface area contributed by atoms with Crippen molar-refractivity contribution in [1.29, 1.82) is 0 Å². The number of aromatic nitrogens is 1. The van der Waals surface area contributed by atoms with E-state index < -0.39 is 0 Å². The van der Waals surface area contributed by atoms with Gasteiger partial charge in [0.1, 0.15) is 12.4 Å². The average molecular weight is 466 g/mol. The fraction of sp³-hybridized carbons (Fsp3) is 0.233. The van der Waals surface area contributed by atoms with Gasteiger partial charge in [-0.15, -0.1) is 0 Å². The number of nitrogens with zero attached hydrogens (tertiary/aromatic N) is 1. The third-order valence-electron chi connectivity index (χ3n) is 6.81. The first kappa shape index (κ1) is 22.9. The van der Waals surface area contributed by atoms with E-state index in [-0.39, 0.29) is 5.91 Å². The fourth-order valence-electron chi connectivity index (χ4n) is 4.72. The highest BCUT2D eigenvalue weighted by atomic mass is 16.5. The molecule has 0 spiro atoms. The third-order valence-corrected chi connectivity index (χ3v) is 6.81. The van der Waals surface area contributed by atoms with Crippen LogP contribution >= 0.6 is 0 Å². The summed E-state index contributed by atoms with van der Waals surface area (Å²) in [5.74, 6) is 0.791. The molecule has 0 atom stereocenters. The van der Waals surface area contributed by atoms with E-state index in [9.17, 15) is 4.79 Å². The van der Waals surface area contributed by atoms with E-state index in [1.54, 1.807) is 0 Å². The molecule has 35 heavy (non-hydrogen) atoms. The van der Waals surface area contributed by atoms with E-state index in [0.717, 1.165) is 69.9 Å². The van der Waals surface area contributed by atoms with E-state index in [4.69, 9.17) is 4.74 Å². The maximum absolute atomic E-state index is 13.0. The van der Waals surface area contributed by atoms with Crippen LogP contribution in [0.25, 0.3) is 33.2 Å². The number of allylic oxidation sites excluding steroid dienone is 1. The zero-order valence-corrected chi connectivity index (χ0v) is 20.5. The highest BCUT2D eigenvalue weighted by Gasteiger charge is 2.27. The molecule has 2 heterocycles. The highest BCUT2D eigenvalue weighted by molar-refractivity contribution is 6.36. The van der Waals surface area contributed by atoms with Crippen molar-refractivity contribution in [2.45, 2.75) is 20.8 Å². The van der Waals surface area contributed by atoms with Crippen molar-refractivity contribution >= 4 is 33.6 Å². The lowest BCUT2D eigenvalue weighted by molar-refractivity contribution is -0.110. The number of nitrogens with one attached hydrogen (secondary N) is 2. The van der Waals surface area contributed by atoms with Crippen LogP contribution in [-0.2, 0) is 4.79 Å². The van der Waals surface area contributed by atoms with Crippen molar-refractivity contribution < 1.29 is 9.53 Å². The van der Waals surface area contributed by atoms with Gasteiger partial charge >= 0.3 is 0 Å². The van der Waals surface area contributed by atoms with Crippen LogP contribution in [0.2, 0.25) is 0 Å². The minimum atomic E-state index is -0.0678. The number of carbonyl (C=O) groups excluding carboxylic acids is 1. The predicted octanol–water partition coefficient (Wildman–Crippen LogP) is 6.44. The van der Waals surface area contributed by atoms with Gasteiger partial charge < -0.3 is 19.9 Å². The summed E-state index contributed by atoms with van der Waals surface area (Å²) in [5.41, 5.74) is 7.60. The number of amides is 1. The van der Waals surface area contributed by atoms with Crippen molar-refractivity contribution in [3.05, 3.63) is 84.1 Å². The number of ether oxygens (including phenoxy) is 1. The standard InChI is InChI=1S/C30H31N3O2/c1-4-33(5-2)15-16-35-24-12-14-26-23(17-24)19-27(31-26)20(3)29-25-13-11-22(18-28(25)32-30(29)34)21-9-7-6-8-10-21/h6-14,17-19,31H,4-5,15-16H2,1-3H3,(H,32,34)/b29-20-. The molecule has 5 heteroatoms. The molecule has 1 amide bonds. The summed E-state index contributed by atoms with van der Waals surface area (Å²) >= 11 is 0. The second-order valence-corrected chi connectivity index (χ2v) is 8.89.